The number of alkyl carbamates (subject to hydrolysis) is 1. The van der Waals surface area contributed by atoms with Crippen LogP contribution in [0.5, 0.6) is 0 Å². The molecule has 3 N–H and O–H groups in total. The lowest BCUT2D eigenvalue weighted by Gasteiger charge is -2.20. The van der Waals surface area contributed by atoms with Gasteiger partial charge in [0.15, 0.2) is 5.96 Å². The van der Waals surface area contributed by atoms with Gasteiger partial charge in [-0.15, -0.1) is 24.0 Å². The Morgan fingerprint density at radius 3 is 2.46 bits per heavy atom. The van der Waals surface area contributed by atoms with Crippen molar-refractivity contribution < 1.29 is 14.3 Å². The van der Waals surface area contributed by atoms with E-state index in [1.807, 2.05) is 32.6 Å². The van der Waals surface area contributed by atoms with Crippen LogP contribution in [0.1, 0.15) is 47.0 Å². The molecule has 0 aromatic carbocycles. The zero-order chi connectivity index (χ0) is 18.9. The second kappa shape index (κ2) is 12.2. The second-order valence-corrected chi connectivity index (χ2v) is 7.10. The molecule has 0 bridgehead atoms. The number of ether oxygens (including phenoxy) is 1. The molecule has 9 heteroatoms. The minimum absolute atomic E-state index is 0. The third-order valence-electron chi connectivity index (χ3n) is 3.72. The van der Waals surface area contributed by atoms with Crippen LogP contribution in [0.15, 0.2) is 4.99 Å². The quantitative estimate of drug-likeness (QED) is 0.231. The van der Waals surface area contributed by atoms with Gasteiger partial charge in [-0.1, -0.05) is 6.92 Å². The maximum atomic E-state index is 11.7. The highest BCUT2D eigenvalue weighted by Crippen LogP contribution is 2.10. The molecule has 0 aromatic rings. The second-order valence-electron chi connectivity index (χ2n) is 7.10. The first-order valence-electron chi connectivity index (χ1n) is 8.97. The number of hydrogen-bond acceptors (Lipinski definition) is 4. The number of nitrogens with one attached hydrogen (secondary N) is 3. The van der Waals surface area contributed by atoms with E-state index >= 15 is 0 Å². The molecule has 152 valence electrons. The third kappa shape index (κ3) is 10.0. The number of carbonyl (C=O) groups excluding carboxylic acids is 2. The number of rotatable bonds is 6. The average molecular weight is 483 g/mol. The smallest absolute Gasteiger partial charge is 0.407 e. The maximum Gasteiger partial charge on any atom is 0.407 e. The summed E-state index contributed by atoms with van der Waals surface area (Å²) in [5, 5.41) is 9.28. The van der Waals surface area contributed by atoms with E-state index in [-0.39, 0.29) is 35.9 Å². The van der Waals surface area contributed by atoms with Crippen LogP contribution < -0.4 is 16.0 Å². The van der Waals surface area contributed by atoms with Gasteiger partial charge in [0.25, 0.3) is 0 Å². The zero-order valence-corrected chi connectivity index (χ0v) is 18.9. The number of likely N-dealkylation sites (tertiary alicyclic amines) is 1. The molecule has 1 rings (SSSR count). The SMILES string of the molecule is CCC(=O)N1CCC(NC(=NC)NCCCNC(=O)OC(C)(C)C)C1.I. The lowest BCUT2D eigenvalue weighted by Crippen LogP contribution is -2.45. The fraction of sp³-hybridized carbons (Fsp3) is 0.824. The standard InChI is InChI=1S/C17H33N5O3.HI/c1-6-14(23)22-11-8-13(12-22)21-15(18-5)19-9-7-10-20-16(24)25-17(2,3)4;/h13H,6-12H2,1-5H3,(H,20,24)(H2,18,19,21);1H. The fourth-order valence-corrected chi connectivity index (χ4v) is 2.52. The highest BCUT2D eigenvalue weighted by molar-refractivity contribution is 14.0. The van der Waals surface area contributed by atoms with Crippen molar-refractivity contribution in [3.63, 3.8) is 0 Å². The maximum absolute atomic E-state index is 11.7. The number of guanidine groups is 1. The molecular weight excluding hydrogens is 449 g/mol. The van der Waals surface area contributed by atoms with Crippen LogP contribution in [0.2, 0.25) is 0 Å². The lowest BCUT2D eigenvalue weighted by molar-refractivity contribution is -0.129. The predicted molar refractivity (Wildman–Crippen MR) is 114 cm³/mol. The van der Waals surface area contributed by atoms with Gasteiger partial charge in [0, 0.05) is 45.7 Å². The molecule has 26 heavy (non-hydrogen) atoms. The topological polar surface area (TPSA) is 95.1 Å². The summed E-state index contributed by atoms with van der Waals surface area (Å²) in [6, 6.07) is 0.224. The van der Waals surface area contributed by atoms with E-state index < -0.39 is 11.7 Å². The van der Waals surface area contributed by atoms with Crippen LogP contribution in [-0.4, -0.2) is 67.7 Å². The molecule has 1 unspecified atom stereocenters. The van der Waals surface area contributed by atoms with E-state index in [9.17, 15) is 9.59 Å². The summed E-state index contributed by atoms with van der Waals surface area (Å²) in [5.41, 5.74) is -0.484. The van der Waals surface area contributed by atoms with Crippen molar-refractivity contribution in [3.8, 4) is 0 Å². The Balaban J connectivity index is 0.00000625. The number of aliphatic imine (C=N–C) groups is 1. The van der Waals surface area contributed by atoms with Crippen molar-refractivity contribution in [1.29, 1.82) is 0 Å². The summed E-state index contributed by atoms with van der Waals surface area (Å²) < 4.78 is 5.18. The molecule has 1 fully saturated rings. The molecular formula is C17H34IN5O3. The lowest BCUT2D eigenvalue weighted by atomic mass is 10.2. The van der Waals surface area contributed by atoms with E-state index in [0.717, 1.165) is 19.4 Å². The van der Waals surface area contributed by atoms with Crippen LogP contribution in [-0.2, 0) is 9.53 Å². The van der Waals surface area contributed by atoms with Crippen LogP contribution in [0.3, 0.4) is 0 Å². The van der Waals surface area contributed by atoms with E-state index in [1.165, 1.54) is 0 Å². The van der Waals surface area contributed by atoms with Crippen LogP contribution in [0.25, 0.3) is 0 Å². The van der Waals surface area contributed by atoms with Gasteiger partial charge in [-0.3, -0.25) is 9.79 Å². The molecule has 0 spiro atoms. The van der Waals surface area contributed by atoms with Crippen molar-refractivity contribution in [1.82, 2.24) is 20.9 Å². The molecule has 0 radical (unpaired) electrons. The third-order valence-corrected chi connectivity index (χ3v) is 3.72. The first kappa shape index (κ1) is 24.7. The summed E-state index contributed by atoms with van der Waals surface area (Å²) in [4.78, 5) is 29.3. The van der Waals surface area contributed by atoms with Gasteiger partial charge in [0.05, 0.1) is 0 Å². The van der Waals surface area contributed by atoms with E-state index in [0.29, 0.717) is 32.0 Å². The molecule has 1 saturated heterocycles. The van der Waals surface area contributed by atoms with Crippen molar-refractivity contribution in [2.24, 2.45) is 4.99 Å². The van der Waals surface area contributed by atoms with E-state index in [2.05, 4.69) is 20.9 Å². The largest absolute Gasteiger partial charge is 0.444 e. The Morgan fingerprint density at radius 1 is 1.23 bits per heavy atom. The summed E-state index contributed by atoms with van der Waals surface area (Å²) in [6.07, 6.45) is 1.82. The highest BCUT2D eigenvalue weighted by Gasteiger charge is 2.25. The van der Waals surface area contributed by atoms with Crippen molar-refractivity contribution in [2.45, 2.75) is 58.6 Å². The number of amides is 2. The Bertz CT molecular complexity index is 480. The first-order valence-corrected chi connectivity index (χ1v) is 8.97. The minimum atomic E-state index is -0.484. The van der Waals surface area contributed by atoms with Crippen molar-refractivity contribution in [2.75, 3.05) is 33.2 Å². The summed E-state index contributed by atoms with van der Waals surface area (Å²) >= 11 is 0. The Hall–Kier alpha value is -1.26. The molecule has 1 aliphatic heterocycles. The molecule has 1 atom stereocenters. The van der Waals surface area contributed by atoms with E-state index in [4.69, 9.17) is 4.74 Å². The number of halogens is 1. The van der Waals surface area contributed by atoms with Gasteiger partial charge in [-0.05, 0) is 33.6 Å². The van der Waals surface area contributed by atoms with E-state index in [1.54, 1.807) is 7.05 Å². The molecule has 0 aliphatic carbocycles. The monoisotopic (exact) mass is 483 g/mol. The molecule has 0 aromatic heterocycles. The average Bonchev–Trinajstić information content (AvgIpc) is 2.99. The van der Waals surface area contributed by atoms with Crippen molar-refractivity contribution >= 4 is 41.9 Å². The van der Waals surface area contributed by atoms with Gasteiger partial charge in [-0.25, -0.2) is 4.79 Å². The van der Waals surface area contributed by atoms with Gasteiger partial charge < -0.3 is 25.6 Å². The summed E-state index contributed by atoms with van der Waals surface area (Å²) in [7, 11) is 1.72. The van der Waals surface area contributed by atoms with Gasteiger partial charge in [0.1, 0.15) is 5.60 Å². The van der Waals surface area contributed by atoms with Gasteiger partial charge in [-0.2, -0.15) is 0 Å². The number of nitrogens with zero attached hydrogens (tertiary/aromatic N) is 2. The highest BCUT2D eigenvalue weighted by atomic mass is 127. The number of carbonyl (C=O) groups is 2. The predicted octanol–water partition coefficient (Wildman–Crippen LogP) is 1.70. The fourth-order valence-electron chi connectivity index (χ4n) is 2.52. The number of hydrogen-bond donors (Lipinski definition) is 3. The Labute approximate surface area is 173 Å². The van der Waals surface area contributed by atoms with Crippen LogP contribution in [0, 0.1) is 0 Å². The van der Waals surface area contributed by atoms with Crippen LogP contribution in [0.4, 0.5) is 4.79 Å². The molecule has 0 saturated carbocycles. The normalized spacial score (nSPS) is 17.3. The van der Waals surface area contributed by atoms with Crippen molar-refractivity contribution in [3.05, 3.63) is 0 Å². The van der Waals surface area contributed by atoms with Gasteiger partial charge >= 0.3 is 6.09 Å². The molecule has 1 heterocycles. The van der Waals surface area contributed by atoms with Gasteiger partial charge in [0.2, 0.25) is 5.91 Å². The minimum Gasteiger partial charge on any atom is -0.444 e. The summed E-state index contributed by atoms with van der Waals surface area (Å²) in [5.74, 6) is 0.911. The molecule has 1 aliphatic rings. The molecule has 2 amide bonds. The Kier molecular flexibility index (Phi) is 11.6. The summed E-state index contributed by atoms with van der Waals surface area (Å²) in [6.45, 7) is 10.1. The zero-order valence-electron chi connectivity index (χ0n) is 16.6. The Morgan fingerprint density at radius 2 is 1.88 bits per heavy atom. The first-order chi connectivity index (χ1) is 11.7. The van der Waals surface area contributed by atoms with Crippen LogP contribution >= 0.6 is 24.0 Å². The molecule has 8 nitrogen and oxygen atoms in total.